The molecule has 0 amide bonds. The fraction of sp³-hybridized carbons (Fsp3) is 0.667. The van der Waals surface area contributed by atoms with E-state index in [4.69, 9.17) is 4.74 Å². The van der Waals surface area contributed by atoms with Crippen molar-refractivity contribution in [1.29, 1.82) is 0 Å². The molecule has 4 aliphatic rings. The predicted molar refractivity (Wildman–Crippen MR) is 123 cm³/mol. The third-order valence-electron chi connectivity index (χ3n) is 10.4. The summed E-state index contributed by atoms with van der Waals surface area (Å²) in [5.74, 6) is -1.22. The highest BCUT2D eigenvalue weighted by Gasteiger charge is 2.73. The van der Waals surface area contributed by atoms with Crippen LogP contribution in [0.15, 0.2) is 35.5 Å². The Bertz CT molecular complexity index is 1010. The highest BCUT2D eigenvalue weighted by atomic mass is 16.5. The average molecular weight is 454 g/mol. The van der Waals surface area contributed by atoms with Gasteiger partial charge in [0.2, 0.25) is 0 Å². The Labute approximate surface area is 195 Å². The van der Waals surface area contributed by atoms with Gasteiger partial charge in [-0.1, -0.05) is 43.6 Å². The van der Waals surface area contributed by atoms with E-state index >= 15 is 0 Å². The van der Waals surface area contributed by atoms with Crippen LogP contribution in [-0.4, -0.2) is 34.1 Å². The van der Waals surface area contributed by atoms with Crippen molar-refractivity contribution >= 4 is 17.7 Å². The number of hydrogen-bond acceptors (Lipinski definition) is 5. The van der Waals surface area contributed by atoms with Gasteiger partial charge in [0.05, 0.1) is 16.7 Å². The summed E-state index contributed by atoms with van der Waals surface area (Å²) in [4.78, 5) is 25.8. The number of hydrogen-bond donors (Lipinski definition) is 2. The Morgan fingerprint density at radius 2 is 1.79 bits per heavy atom. The second-order valence-corrected chi connectivity index (χ2v) is 11.9. The molecule has 4 fully saturated rings. The molecule has 4 saturated carbocycles. The summed E-state index contributed by atoms with van der Waals surface area (Å²) in [7, 11) is 0. The van der Waals surface area contributed by atoms with E-state index in [9.17, 15) is 19.9 Å². The topological polar surface area (TPSA) is 96.2 Å². The molecule has 4 aliphatic carbocycles. The molecule has 0 aliphatic heterocycles. The maximum Gasteiger partial charge on any atom is 0.338 e. The number of benzene rings is 1. The van der Waals surface area contributed by atoms with Gasteiger partial charge in [-0.05, 0) is 80.8 Å². The van der Waals surface area contributed by atoms with E-state index < -0.39 is 17.5 Å². The van der Waals surface area contributed by atoms with Crippen molar-refractivity contribution in [2.45, 2.75) is 78.2 Å². The lowest BCUT2D eigenvalue weighted by Crippen LogP contribution is -2.66. The fourth-order valence-corrected chi connectivity index (χ4v) is 8.83. The molecular formula is C27H35NO5. The Morgan fingerprint density at radius 1 is 1.06 bits per heavy atom. The van der Waals surface area contributed by atoms with Crippen LogP contribution < -0.4 is 0 Å². The van der Waals surface area contributed by atoms with E-state index in [-0.39, 0.29) is 34.1 Å². The number of aliphatic carboxylic acids is 1. The van der Waals surface area contributed by atoms with Crippen molar-refractivity contribution < 1.29 is 24.6 Å². The minimum atomic E-state index is -0.946. The zero-order chi connectivity index (χ0) is 23.6. The number of rotatable bonds is 3. The quantitative estimate of drug-likeness (QED) is 0.356. The minimum Gasteiger partial charge on any atom is -0.481 e. The van der Waals surface area contributed by atoms with Crippen LogP contribution in [0.2, 0.25) is 0 Å². The number of ether oxygens (including phenoxy) is 1. The summed E-state index contributed by atoms with van der Waals surface area (Å²) in [6.45, 7) is 6.35. The highest BCUT2D eigenvalue weighted by Crippen LogP contribution is 2.76. The van der Waals surface area contributed by atoms with E-state index in [0.29, 0.717) is 24.8 Å². The molecule has 1 aromatic rings. The van der Waals surface area contributed by atoms with Crippen molar-refractivity contribution in [1.82, 2.24) is 0 Å². The van der Waals surface area contributed by atoms with Crippen LogP contribution in [0.3, 0.4) is 0 Å². The van der Waals surface area contributed by atoms with E-state index in [1.54, 1.807) is 12.1 Å². The zero-order valence-electron chi connectivity index (χ0n) is 19.8. The number of carboxylic acids is 1. The SMILES string of the molecule is C[C@]12CC[C@]3(C1)[C@H](C/C2=N\O)C[C@@H](OC(=O)c1ccccc1)[C@H]1[C@](C)(C(=O)O)CCC[C@@]13C. The van der Waals surface area contributed by atoms with Crippen molar-refractivity contribution in [2.75, 3.05) is 0 Å². The zero-order valence-corrected chi connectivity index (χ0v) is 19.8. The summed E-state index contributed by atoms with van der Waals surface area (Å²) in [6.07, 6.45) is 6.13. The van der Waals surface area contributed by atoms with Gasteiger partial charge in [0.25, 0.3) is 0 Å². The molecule has 2 bridgehead atoms. The van der Waals surface area contributed by atoms with Crippen LogP contribution in [0.4, 0.5) is 0 Å². The molecule has 6 nitrogen and oxygen atoms in total. The first-order chi connectivity index (χ1) is 15.6. The normalized spacial score (nSPS) is 45.2. The first-order valence-electron chi connectivity index (χ1n) is 12.3. The lowest BCUT2D eigenvalue weighted by Gasteiger charge is -2.67. The third-order valence-corrected chi connectivity index (χ3v) is 10.4. The van der Waals surface area contributed by atoms with Gasteiger partial charge >= 0.3 is 11.9 Å². The Hall–Kier alpha value is -2.37. The molecule has 0 unspecified atom stereocenters. The second-order valence-electron chi connectivity index (χ2n) is 11.9. The van der Waals surface area contributed by atoms with E-state index in [2.05, 4.69) is 19.0 Å². The van der Waals surface area contributed by atoms with E-state index in [1.165, 1.54) is 0 Å². The first-order valence-corrected chi connectivity index (χ1v) is 12.3. The number of carbonyl (C=O) groups excluding carboxylic acids is 1. The molecule has 6 heteroatoms. The van der Waals surface area contributed by atoms with Gasteiger partial charge in [-0.3, -0.25) is 4.79 Å². The van der Waals surface area contributed by atoms with Crippen LogP contribution >= 0.6 is 0 Å². The monoisotopic (exact) mass is 453 g/mol. The van der Waals surface area contributed by atoms with Crippen molar-refractivity contribution in [2.24, 2.45) is 38.7 Å². The number of carbonyl (C=O) groups is 2. The van der Waals surface area contributed by atoms with Crippen molar-refractivity contribution in [3.05, 3.63) is 35.9 Å². The molecule has 0 aromatic heterocycles. The number of oxime groups is 1. The summed E-state index contributed by atoms with van der Waals surface area (Å²) in [5, 5.41) is 23.9. The summed E-state index contributed by atoms with van der Waals surface area (Å²) in [6, 6.07) is 8.95. The van der Waals surface area contributed by atoms with E-state index in [1.807, 2.05) is 25.1 Å². The Kier molecular flexibility index (Phi) is 4.97. The van der Waals surface area contributed by atoms with Gasteiger partial charge in [-0.15, -0.1) is 0 Å². The molecular weight excluding hydrogens is 418 g/mol. The number of carboxylic acid groups (broad SMARTS) is 1. The molecule has 2 N–H and O–H groups in total. The van der Waals surface area contributed by atoms with Crippen LogP contribution in [0.25, 0.3) is 0 Å². The molecule has 5 rings (SSSR count). The maximum atomic E-state index is 13.1. The summed E-state index contributed by atoms with van der Waals surface area (Å²) in [5.41, 5.74) is -0.0216. The third kappa shape index (κ3) is 2.95. The predicted octanol–water partition coefficient (Wildman–Crippen LogP) is 5.54. The molecule has 7 atom stereocenters. The van der Waals surface area contributed by atoms with Crippen LogP contribution in [0, 0.1) is 33.5 Å². The molecule has 1 spiro atoms. The van der Waals surface area contributed by atoms with E-state index in [0.717, 1.165) is 37.8 Å². The molecule has 0 heterocycles. The fourth-order valence-electron chi connectivity index (χ4n) is 8.83. The van der Waals surface area contributed by atoms with Crippen LogP contribution in [-0.2, 0) is 9.53 Å². The van der Waals surface area contributed by atoms with Crippen molar-refractivity contribution in [3.8, 4) is 0 Å². The Morgan fingerprint density at radius 3 is 2.45 bits per heavy atom. The molecule has 0 saturated heterocycles. The van der Waals surface area contributed by atoms with Crippen molar-refractivity contribution in [3.63, 3.8) is 0 Å². The lowest BCUT2D eigenvalue weighted by molar-refractivity contribution is -0.220. The van der Waals surface area contributed by atoms with Gasteiger partial charge in [0.1, 0.15) is 6.10 Å². The maximum absolute atomic E-state index is 13.1. The highest BCUT2D eigenvalue weighted by molar-refractivity contribution is 5.91. The van der Waals surface area contributed by atoms with Crippen LogP contribution in [0.1, 0.15) is 82.5 Å². The molecule has 33 heavy (non-hydrogen) atoms. The summed E-state index contributed by atoms with van der Waals surface area (Å²) >= 11 is 0. The van der Waals surface area contributed by atoms with Gasteiger partial charge < -0.3 is 15.1 Å². The van der Waals surface area contributed by atoms with Gasteiger partial charge in [-0.25, -0.2) is 4.79 Å². The molecule has 1 aromatic carbocycles. The number of esters is 1. The first kappa shape index (κ1) is 22.4. The van der Waals surface area contributed by atoms with Gasteiger partial charge in [0.15, 0.2) is 0 Å². The standard InChI is InChI=1S/C27H35NO5/c1-24-12-13-27(16-24)18(15-20(24)28-32)14-19(33-22(29)17-8-5-4-6-9-17)21-25(2,23(30)31)10-7-11-26(21,27)3/h4-6,8-9,18-19,21,32H,7,10-16H2,1-3H3,(H,30,31)/b28-20+/t18-,19+,21-,24-,25+,26-,27-/m0/s1. The Balaban J connectivity index is 1.60. The molecule has 0 radical (unpaired) electrons. The number of fused-ring (bicyclic) bond motifs is 2. The second kappa shape index (κ2) is 7.31. The minimum absolute atomic E-state index is 0.0204. The van der Waals surface area contributed by atoms with Gasteiger partial charge in [-0.2, -0.15) is 0 Å². The molecule has 178 valence electrons. The largest absolute Gasteiger partial charge is 0.481 e. The summed E-state index contributed by atoms with van der Waals surface area (Å²) < 4.78 is 6.20. The number of nitrogens with zero attached hydrogens (tertiary/aromatic N) is 1. The smallest absolute Gasteiger partial charge is 0.338 e. The average Bonchev–Trinajstić information content (AvgIpc) is 3.10. The van der Waals surface area contributed by atoms with Crippen LogP contribution in [0.5, 0.6) is 0 Å². The lowest BCUT2D eigenvalue weighted by atomic mass is 9.37. The van der Waals surface area contributed by atoms with Gasteiger partial charge in [0, 0.05) is 11.3 Å².